The summed E-state index contributed by atoms with van der Waals surface area (Å²) in [5, 5.41) is 0. The van der Waals surface area contributed by atoms with Gasteiger partial charge in [0.15, 0.2) is 0 Å². The first kappa shape index (κ1) is 28.8. The quantitative estimate of drug-likeness (QED) is 0.0985. The molecule has 4 heteroatoms. The highest BCUT2D eigenvalue weighted by atomic mass is 16.5. The summed E-state index contributed by atoms with van der Waals surface area (Å²) in [7, 11) is 0. The highest BCUT2D eigenvalue weighted by Gasteiger charge is 2.20. The molecule has 37 heavy (non-hydrogen) atoms. The van der Waals surface area contributed by atoms with Gasteiger partial charge in [0.25, 0.3) is 0 Å². The molecule has 0 heterocycles. The molecule has 1 saturated carbocycles. The standard InChI is InChI=1S/C33H46O4/c1-3-5-7-8-9-11-25-35-30-19-17-29(18-20-30)33(34)37-32-23-21-31(22-24-32)36-26-28-15-13-27(14-16-28)12-10-6-4-2/h10,12,17-24,27-28H,3-9,11,13-16,25-26H2,1-2H3/b12-10+. The summed E-state index contributed by atoms with van der Waals surface area (Å²) in [6.07, 6.45) is 19.6. The third-order valence-corrected chi connectivity index (χ3v) is 7.13. The van der Waals surface area contributed by atoms with Gasteiger partial charge in [-0.1, -0.05) is 64.5 Å². The predicted octanol–water partition coefficient (Wildman–Crippen LogP) is 9.19. The zero-order valence-electron chi connectivity index (χ0n) is 23.0. The average molecular weight is 507 g/mol. The summed E-state index contributed by atoms with van der Waals surface area (Å²) >= 11 is 0. The second-order valence-electron chi connectivity index (χ2n) is 10.3. The molecule has 2 aromatic carbocycles. The molecular weight excluding hydrogens is 460 g/mol. The van der Waals surface area contributed by atoms with Crippen LogP contribution in [-0.4, -0.2) is 19.2 Å². The lowest BCUT2D eigenvalue weighted by molar-refractivity contribution is 0.0734. The highest BCUT2D eigenvalue weighted by molar-refractivity contribution is 5.91. The molecule has 202 valence electrons. The maximum absolute atomic E-state index is 12.5. The SMILES string of the molecule is CCC/C=C/C1CCC(COc2ccc(OC(=O)c3ccc(OCCCCCCCC)cc3)cc2)CC1. The van der Waals surface area contributed by atoms with E-state index in [2.05, 4.69) is 26.0 Å². The van der Waals surface area contributed by atoms with Crippen molar-refractivity contribution in [1.29, 1.82) is 0 Å². The first-order valence-electron chi connectivity index (χ1n) is 14.5. The average Bonchev–Trinajstić information content (AvgIpc) is 2.93. The van der Waals surface area contributed by atoms with Crippen molar-refractivity contribution in [2.24, 2.45) is 11.8 Å². The van der Waals surface area contributed by atoms with Gasteiger partial charge in [-0.2, -0.15) is 0 Å². The van der Waals surface area contributed by atoms with Gasteiger partial charge in [-0.15, -0.1) is 0 Å². The molecular formula is C33H46O4. The second-order valence-corrected chi connectivity index (χ2v) is 10.3. The summed E-state index contributed by atoms with van der Waals surface area (Å²) in [6, 6.07) is 14.5. The van der Waals surface area contributed by atoms with Crippen LogP contribution in [0.15, 0.2) is 60.7 Å². The number of ether oxygens (including phenoxy) is 3. The van der Waals surface area contributed by atoms with Gasteiger partial charge in [-0.05, 0) is 98.9 Å². The van der Waals surface area contributed by atoms with Gasteiger partial charge < -0.3 is 14.2 Å². The first-order chi connectivity index (χ1) is 18.2. The van der Waals surface area contributed by atoms with Gasteiger partial charge >= 0.3 is 5.97 Å². The number of unbranched alkanes of at least 4 members (excludes halogenated alkanes) is 6. The highest BCUT2D eigenvalue weighted by Crippen LogP contribution is 2.30. The second kappa shape index (κ2) is 16.9. The maximum Gasteiger partial charge on any atom is 0.343 e. The number of rotatable bonds is 16. The number of hydrogen-bond acceptors (Lipinski definition) is 4. The zero-order valence-corrected chi connectivity index (χ0v) is 23.0. The summed E-state index contributed by atoms with van der Waals surface area (Å²) in [4.78, 5) is 12.5. The molecule has 0 unspecified atom stereocenters. The molecule has 0 aliphatic heterocycles. The molecule has 0 spiro atoms. The Balaban J connectivity index is 1.34. The van der Waals surface area contributed by atoms with Crippen molar-refractivity contribution >= 4 is 5.97 Å². The number of carbonyl (C=O) groups excluding carboxylic acids is 1. The topological polar surface area (TPSA) is 44.8 Å². The summed E-state index contributed by atoms with van der Waals surface area (Å²) in [5.74, 6) is 3.10. The molecule has 0 aromatic heterocycles. The molecule has 1 aliphatic rings. The molecule has 2 aromatic rings. The molecule has 4 nitrogen and oxygen atoms in total. The monoisotopic (exact) mass is 506 g/mol. The smallest absolute Gasteiger partial charge is 0.343 e. The summed E-state index contributed by atoms with van der Waals surface area (Å²) < 4.78 is 17.4. The van der Waals surface area contributed by atoms with E-state index >= 15 is 0 Å². The Labute approximate surface area is 224 Å². The van der Waals surface area contributed by atoms with E-state index in [9.17, 15) is 4.79 Å². The number of carbonyl (C=O) groups is 1. The minimum Gasteiger partial charge on any atom is -0.494 e. The fraction of sp³-hybridized carbons (Fsp3) is 0.545. The van der Waals surface area contributed by atoms with E-state index in [4.69, 9.17) is 14.2 Å². The minimum absolute atomic E-state index is 0.374. The van der Waals surface area contributed by atoms with Crippen LogP contribution >= 0.6 is 0 Å². The predicted molar refractivity (Wildman–Crippen MR) is 152 cm³/mol. The normalized spacial score (nSPS) is 17.6. The van der Waals surface area contributed by atoms with E-state index in [1.54, 1.807) is 24.3 Å². The van der Waals surface area contributed by atoms with Crippen molar-refractivity contribution in [3.05, 3.63) is 66.2 Å². The van der Waals surface area contributed by atoms with E-state index < -0.39 is 0 Å². The Morgan fingerprint density at radius 1 is 0.757 bits per heavy atom. The molecule has 0 N–H and O–H groups in total. The van der Waals surface area contributed by atoms with E-state index in [0.717, 1.165) is 30.4 Å². The number of benzene rings is 2. The summed E-state index contributed by atoms with van der Waals surface area (Å²) in [6.45, 7) is 5.91. The van der Waals surface area contributed by atoms with Crippen LogP contribution in [-0.2, 0) is 0 Å². The summed E-state index contributed by atoms with van der Waals surface area (Å²) in [5.41, 5.74) is 0.507. The Morgan fingerprint density at radius 3 is 2.08 bits per heavy atom. The number of allylic oxidation sites excluding steroid dienone is 2. The molecule has 0 saturated heterocycles. The van der Waals surface area contributed by atoms with Crippen LogP contribution in [0.3, 0.4) is 0 Å². The van der Waals surface area contributed by atoms with Gasteiger partial charge in [0, 0.05) is 0 Å². The molecule has 1 aliphatic carbocycles. The van der Waals surface area contributed by atoms with Crippen molar-refractivity contribution in [3.63, 3.8) is 0 Å². The van der Waals surface area contributed by atoms with Crippen LogP contribution in [0.1, 0.15) is 101 Å². The minimum atomic E-state index is -0.374. The van der Waals surface area contributed by atoms with Crippen molar-refractivity contribution in [2.75, 3.05) is 13.2 Å². The lowest BCUT2D eigenvalue weighted by Crippen LogP contribution is -2.19. The zero-order chi connectivity index (χ0) is 26.1. The molecule has 1 fully saturated rings. The van der Waals surface area contributed by atoms with Gasteiger partial charge in [0.1, 0.15) is 17.2 Å². The molecule has 0 bridgehead atoms. The molecule has 3 rings (SSSR count). The largest absolute Gasteiger partial charge is 0.494 e. The van der Waals surface area contributed by atoms with Gasteiger partial charge in [0.05, 0.1) is 18.8 Å². The van der Waals surface area contributed by atoms with Crippen LogP contribution in [0, 0.1) is 11.8 Å². The van der Waals surface area contributed by atoms with E-state index in [1.807, 2.05) is 24.3 Å². The van der Waals surface area contributed by atoms with Crippen LogP contribution in [0.2, 0.25) is 0 Å². The molecule has 0 atom stereocenters. The van der Waals surface area contributed by atoms with Gasteiger partial charge in [0.2, 0.25) is 0 Å². The van der Waals surface area contributed by atoms with E-state index in [-0.39, 0.29) is 5.97 Å². The fourth-order valence-corrected chi connectivity index (χ4v) is 4.75. The van der Waals surface area contributed by atoms with Crippen LogP contribution in [0.4, 0.5) is 0 Å². The van der Waals surface area contributed by atoms with Crippen LogP contribution in [0.25, 0.3) is 0 Å². The maximum atomic E-state index is 12.5. The Kier molecular flexibility index (Phi) is 13.2. The Hall–Kier alpha value is -2.75. The third kappa shape index (κ3) is 11.0. The molecule has 0 amide bonds. The van der Waals surface area contributed by atoms with Crippen LogP contribution < -0.4 is 14.2 Å². The Bertz CT molecular complexity index is 908. The van der Waals surface area contributed by atoms with Crippen molar-refractivity contribution in [3.8, 4) is 17.2 Å². The van der Waals surface area contributed by atoms with Gasteiger partial charge in [-0.25, -0.2) is 4.79 Å². The molecule has 0 radical (unpaired) electrons. The lowest BCUT2D eigenvalue weighted by atomic mass is 9.82. The van der Waals surface area contributed by atoms with E-state index in [1.165, 1.54) is 70.6 Å². The lowest BCUT2D eigenvalue weighted by Gasteiger charge is -2.26. The number of hydrogen-bond donors (Lipinski definition) is 0. The van der Waals surface area contributed by atoms with E-state index in [0.29, 0.717) is 23.8 Å². The fourth-order valence-electron chi connectivity index (χ4n) is 4.75. The van der Waals surface area contributed by atoms with Crippen LogP contribution in [0.5, 0.6) is 17.2 Å². The first-order valence-corrected chi connectivity index (χ1v) is 14.5. The van der Waals surface area contributed by atoms with Gasteiger partial charge in [-0.3, -0.25) is 0 Å². The van der Waals surface area contributed by atoms with Crippen molar-refractivity contribution < 1.29 is 19.0 Å². The van der Waals surface area contributed by atoms with Crippen molar-refractivity contribution in [1.82, 2.24) is 0 Å². The Morgan fingerprint density at radius 2 is 1.38 bits per heavy atom. The van der Waals surface area contributed by atoms with Crippen molar-refractivity contribution in [2.45, 2.75) is 90.9 Å². The number of esters is 1. The third-order valence-electron chi connectivity index (χ3n) is 7.13.